The van der Waals surface area contributed by atoms with Gasteiger partial charge in [-0.15, -0.1) is 0 Å². The van der Waals surface area contributed by atoms with E-state index in [2.05, 4.69) is 12.2 Å². The van der Waals surface area contributed by atoms with Gasteiger partial charge in [-0.2, -0.15) is 0 Å². The molecule has 2 aliphatic rings. The van der Waals surface area contributed by atoms with Gasteiger partial charge in [0.2, 0.25) is 0 Å². The molecule has 1 N–H and O–H groups in total. The minimum Gasteiger partial charge on any atom is -0.469 e. The predicted molar refractivity (Wildman–Crippen MR) is 76.1 cm³/mol. The molecule has 1 saturated carbocycles. The first-order chi connectivity index (χ1) is 8.76. The van der Waals surface area contributed by atoms with Gasteiger partial charge in [-0.3, -0.25) is 4.99 Å². The Morgan fingerprint density at radius 3 is 3.06 bits per heavy atom. The maximum Gasteiger partial charge on any atom is 0.157 e. The molecule has 3 nitrogen and oxygen atoms in total. The number of thioether (sulfide) groups is 1. The summed E-state index contributed by atoms with van der Waals surface area (Å²) < 4.78 is 5.37. The fraction of sp³-hybridized carbons (Fsp3) is 0.643. The van der Waals surface area contributed by atoms with Crippen LogP contribution in [0.4, 0.5) is 0 Å². The average Bonchev–Trinajstić information content (AvgIpc) is 3.04. The average molecular weight is 264 g/mol. The molecule has 2 fully saturated rings. The second kappa shape index (κ2) is 5.00. The molecule has 1 aliphatic heterocycles. The number of nitrogens with zero attached hydrogens (tertiary/aromatic N) is 1. The Balaban J connectivity index is 1.59. The SMILES string of the molecule is CC(Cc1ccco1)N=C1NC2(CCCC2)CS1. The molecule has 1 unspecified atom stereocenters. The molecule has 1 spiro atoms. The monoisotopic (exact) mass is 264 g/mol. The Morgan fingerprint density at radius 2 is 2.33 bits per heavy atom. The third-order valence-corrected chi connectivity index (χ3v) is 5.01. The van der Waals surface area contributed by atoms with E-state index in [1.54, 1.807) is 6.26 Å². The molecule has 1 atom stereocenters. The van der Waals surface area contributed by atoms with Gasteiger partial charge in [0.05, 0.1) is 12.3 Å². The summed E-state index contributed by atoms with van der Waals surface area (Å²) in [7, 11) is 0. The van der Waals surface area contributed by atoms with Gasteiger partial charge in [0.15, 0.2) is 5.17 Å². The first-order valence-electron chi connectivity index (χ1n) is 6.77. The van der Waals surface area contributed by atoms with Gasteiger partial charge >= 0.3 is 0 Å². The summed E-state index contributed by atoms with van der Waals surface area (Å²) in [6.45, 7) is 2.15. The lowest BCUT2D eigenvalue weighted by atomic mass is 10.0. The number of hydrogen-bond acceptors (Lipinski definition) is 3. The number of aliphatic imine (C=N–C) groups is 1. The number of hydrogen-bond donors (Lipinski definition) is 1. The largest absolute Gasteiger partial charge is 0.469 e. The zero-order valence-electron chi connectivity index (χ0n) is 10.8. The Labute approximate surface area is 112 Å². The van der Waals surface area contributed by atoms with Crippen LogP contribution in [0.2, 0.25) is 0 Å². The molecule has 1 aromatic heterocycles. The zero-order chi connectivity index (χ0) is 12.4. The summed E-state index contributed by atoms with van der Waals surface area (Å²) in [5.74, 6) is 2.21. The van der Waals surface area contributed by atoms with E-state index >= 15 is 0 Å². The van der Waals surface area contributed by atoms with Crippen LogP contribution in [0.3, 0.4) is 0 Å². The van der Waals surface area contributed by atoms with Gasteiger partial charge in [0, 0.05) is 17.7 Å². The smallest absolute Gasteiger partial charge is 0.157 e. The second-order valence-electron chi connectivity index (χ2n) is 5.47. The van der Waals surface area contributed by atoms with Crippen molar-refractivity contribution in [3.05, 3.63) is 24.2 Å². The molecule has 1 aromatic rings. The Kier molecular flexibility index (Phi) is 3.37. The number of furan rings is 1. The number of amidine groups is 1. The highest BCUT2D eigenvalue weighted by Crippen LogP contribution is 2.37. The summed E-state index contributed by atoms with van der Waals surface area (Å²) in [6, 6.07) is 4.23. The van der Waals surface area contributed by atoms with Gasteiger partial charge in [-0.25, -0.2) is 0 Å². The molecule has 18 heavy (non-hydrogen) atoms. The number of nitrogens with one attached hydrogen (secondary N) is 1. The normalized spacial score (nSPS) is 25.7. The van der Waals surface area contributed by atoms with E-state index in [0.29, 0.717) is 5.54 Å². The zero-order valence-corrected chi connectivity index (χ0v) is 11.6. The lowest BCUT2D eigenvalue weighted by Crippen LogP contribution is -2.40. The van der Waals surface area contributed by atoms with Crippen molar-refractivity contribution in [2.75, 3.05) is 5.75 Å². The van der Waals surface area contributed by atoms with Crippen molar-refractivity contribution < 1.29 is 4.42 Å². The minimum absolute atomic E-state index is 0.280. The van der Waals surface area contributed by atoms with Crippen molar-refractivity contribution in [2.24, 2.45) is 4.99 Å². The molecular weight excluding hydrogens is 244 g/mol. The van der Waals surface area contributed by atoms with Crippen molar-refractivity contribution >= 4 is 16.9 Å². The van der Waals surface area contributed by atoms with Crippen LogP contribution in [0.25, 0.3) is 0 Å². The lowest BCUT2D eigenvalue weighted by molar-refractivity contribution is 0.451. The minimum atomic E-state index is 0.280. The van der Waals surface area contributed by atoms with Crippen molar-refractivity contribution in [1.29, 1.82) is 0 Å². The van der Waals surface area contributed by atoms with Crippen LogP contribution in [0.15, 0.2) is 27.8 Å². The fourth-order valence-corrected chi connectivity index (χ4v) is 4.18. The van der Waals surface area contributed by atoms with Crippen LogP contribution in [-0.2, 0) is 6.42 Å². The predicted octanol–water partition coefficient (Wildman–Crippen LogP) is 3.22. The van der Waals surface area contributed by atoms with Crippen molar-refractivity contribution in [1.82, 2.24) is 5.32 Å². The van der Waals surface area contributed by atoms with Crippen molar-refractivity contribution in [3.8, 4) is 0 Å². The highest BCUT2D eigenvalue weighted by atomic mass is 32.2. The van der Waals surface area contributed by atoms with Crippen LogP contribution in [0.5, 0.6) is 0 Å². The van der Waals surface area contributed by atoms with Crippen LogP contribution in [0.1, 0.15) is 38.4 Å². The van der Waals surface area contributed by atoms with E-state index < -0.39 is 0 Å². The third kappa shape index (κ3) is 2.58. The quantitative estimate of drug-likeness (QED) is 0.911. The topological polar surface area (TPSA) is 37.5 Å². The Morgan fingerprint density at radius 1 is 1.50 bits per heavy atom. The van der Waals surface area contributed by atoms with Gasteiger partial charge in [-0.1, -0.05) is 24.6 Å². The molecular formula is C14H20N2OS. The first kappa shape index (κ1) is 12.2. The molecule has 2 heterocycles. The van der Waals surface area contributed by atoms with Gasteiger partial charge in [-0.05, 0) is 31.9 Å². The standard InChI is InChI=1S/C14H20N2OS/c1-11(9-12-5-4-8-17-12)15-13-16-14(10-18-13)6-2-3-7-14/h4-5,8,11H,2-3,6-7,9-10H2,1H3,(H,15,16). The highest BCUT2D eigenvalue weighted by molar-refractivity contribution is 8.14. The van der Waals surface area contributed by atoms with Gasteiger partial charge in [0.25, 0.3) is 0 Å². The molecule has 1 aliphatic carbocycles. The van der Waals surface area contributed by atoms with Gasteiger partial charge < -0.3 is 9.73 Å². The molecule has 0 aromatic carbocycles. The first-order valence-corrected chi connectivity index (χ1v) is 7.76. The molecule has 3 rings (SSSR count). The van der Waals surface area contributed by atoms with Gasteiger partial charge in [0.1, 0.15) is 5.76 Å². The maximum atomic E-state index is 5.37. The summed E-state index contributed by atoms with van der Waals surface area (Å²) in [4.78, 5) is 4.78. The van der Waals surface area contributed by atoms with Crippen LogP contribution >= 0.6 is 11.8 Å². The summed E-state index contributed by atoms with van der Waals surface area (Å²) in [5, 5.41) is 4.79. The summed E-state index contributed by atoms with van der Waals surface area (Å²) in [6.07, 6.45) is 7.96. The lowest BCUT2D eigenvalue weighted by Gasteiger charge is -2.22. The van der Waals surface area contributed by atoms with E-state index in [-0.39, 0.29) is 6.04 Å². The van der Waals surface area contributed by atoms with Crippen LogP contribution in [-0.4, -0.2) is 22.5 Å². The molecule has 0 radical (unpaired) electrons. The maximum absolute atomic E-state index is 5.37. The van der Waals surface area contributed by atoms with Crippen LogP contribution < -0.4 is 5.32 Å². The molecule has 1 saturated heterocycles. The van der Waals surface area contributed by atoms with E-state index in [0.717, 1.165) is 17.3 Å². The Bertz CT molecular complexity index is 421. The molecule has 4 heteroatoms. The van der Waals surface area contributed by atoms with Crippen molar-refractivity contribution in [3.63, 3.8) is 0 Å². The van der Waals surface area contributed by atoms with E-state index in [4.69, 9.17) is 9.41 Å². The second-order valence-corrected chi connectivity index (χ2v) is 6.43. The third-order valence-electron chi connectivity index (χ3n) is 3.83. The molecule has 98 valence electrons. The summed E-state index contributed by atoms with van der Waals surface area (Å²) >= 11 is 1.89. The van der Waals surface area contributed by atoms with E-state index in [1.807, 2.05) is 23.9 Å². The highest BCUT2D eigenvalue weighted by Gasteiger charge is 2.39. The van der Waals surface area contributed by atoms with Crippen molar-refractivity contribution in [2.45, 2.75) is 50.6 Å². The fourth-order valence-electron chi connectivity index (χ4n) is 2.86. The molecule has 0 amide bonds. The van der Waals surface area contributed by atoms with Crippen LogP contribution in [0, 0.1) is 0 Å². The summed E-state index contributed by atoms with van der Waals surface area (Å²) in [5.41, 5.74) is 0.369. The van der Waals surface area contributed by atoms with E-state index in [1.165, 1.54) is 31.4 Å². The molecule has 0 bridgehead atoms. The Hall–Kier alpha value is -0.900. The number of rotatable bonds is 3. The van der Waals surface area contributed by atoms with E-state index in [9.17, 15) is 0 Å².